The summed E-state index contributed by atoms with van der Waals surface area (Å²) in [4.78, 5) is 10.8. The van der Waals surface area contributed by atoms with Gasteiger partial charge in [0.25, 0.3) is 0 Å². The Morgan fingerprint density at radius 1 is 1.27 bits per heavy atom. The second-order valence-corrected chi connectivity index (χ2v) is 5.59. The van der Waals surface area contributed by atoms with Gasteiger partial charge < -0.3 is 23.9 Å². The zero-order valence-electron chi connectivity index (χ0n) is 14.1. The zero-order valence-corrected chi connectivity index (χ0v) is 14.1. The summed E-state index contributed by atoms with van der Waals surface area (Å²) in [6.45, 7) is 1.86. The van der Waals surface area contributed by atoms with Crippen LogP contribution in [-0.2, 0) is 20.8 Å². The van der Waals surface area contributed by atoms with Crippen LogP contribution in [0.2, 0.25) is 0 Å². The van der Waals surface area contributed by atoms with E-state index in [1.54, 1.807) is 36.4 Å². The first kappa shape index (κ1) is 17.8. The molecule has 0 radical (unpaired) electrons. The van der Waals surface area contributed by atoms with Crippen molar-refractivity contribution in [1.82, 2.24) is 0 Å². The lowest BCUT2D eigenvalue weighted by Crippen LogP contribution is -2.27. The topological polar surface area (TPSA) is 98.0 Å². The number of rotatable bonds is 6. The summed E-state index contributed by atoms with van der Waals surface area (Å²) < 4.78 is 21.5. The molecule has 1 aliphatic heterocycles. The molecule has 0 bridgehead atoms. The molecule has 1 N–H and O–H groups in total. The van der Waals surface area contributed by atoms with Crippen LogP contribution in [0.4, 0.5) is 0 Å². The molecule has 1 heterocycles. The molecular formula is C18H16BNO6. The molecule has 0 amide bonds. The fraction of sp³-hybridized carbons (Fsp3) is 0.222. The predicted octanol–water partition coefficient (Wildman–Crippen LogP) is 1.51. The van der Waals surface area contributed by atoms with E-state index in [0.29, 0.717) is 29.4 Å². The molecule has 0 aromatic heterocycles. The number of carbonyl (C=O) groups excluding carboxylic acids is 1. The monoisotopic (exact) mass is 353 g/mol. The number of nitriles is 1. The molecule has 2 aromatic carbocycles. The van der Waals surface area contributed by atoms with Gasteiger partial charge in [0.2, 0.25) is 0 Å². The summed E-state index contributed by atoms with van der Waals surface area (Å²) >= 11 is 0. The predicted molar refractivity (Wildman–Crippen MR) is 92.2 cm³/mol. The number of carbonyl (C=O) groups is 1. The van der Waals surface area contributed by atoms with Crippen molar-refractivity contribution in [3.63, 3.8) is 0 Å². The lowest BCUT2D eigenvalue weighted by molar-refractivity contribution is -0.141. The number of esters is 1. The molecule has 8 heteroatoms. The molecule has 0 saturated heterocycles. The molecule has 0 aliphatic carbocycles. The molecule has 0 fully saturated rings. The van der Waals surface area contributed by atoms with E-state index in [1.165, 1.54) is 6.92 Å². The van der Waals surface area contributed by atoms with Crippen molar-refractivity contribution < 1.29 is 28.7 Å². The maximum absolute atomic E-state index is 10.8. The van der Waals surface area contributed by atoms with Gasteiger partial charge in [0.15, 0.2) is 11.5 Å². The Balaban J connectivity index is 1.76. The van der Waals surface area contributed by atoms with E-state index in [9.17, 15) is 9.82 Å². The SMILES string of the molecule is CC(=O)OCCOc1cc(C#N)ccc1Oc1ccc2c(c1)COB2O. The first-order valence-corrected chi connectivity index (χ1v) is 7.97. The van der Waals surface area contributed by atoms with Gasteiger partial charge in [0, 0.05) is 13.0 Å². The highest BCUT2D eigenvalue weighted by Crippen LogP contribution is 2.33. The second kappa shape index (κ2) is 7.91. The smallest absolute Gasteiger partial charge is 0.486 e. The minimum atomic E-state index is -0.908. The van der Waals surface area contributed by atoms with Crippen LogP contribution < -0.4 is 14.9 Å². The van der Waals surface area contributed by atoms with Crippen molar-refractivity contribution in [3.05, 3.63) is 47.5 Å². The Hall–Kier alpha value is -3.02. The van der Waals surface area contributed by atoms with Crippen molar-refractivity contribution in [3.8, 4) is 23.3 Å². The highest BCUT2D eigenvalue weighted by Gasteiger charge is 2.27. The van der Waals surface area contributed by atoms with Crippen molar-refractivity contribution in [1.29, 1.82) is 5.26 Å². The van der Waals surface area contributed by atoms with E-state index >= 15 is 0 Å². The zero-order chi connectivity index (χ0) is 18.5. The number of benzene rings is 2. The fourth-order valence-electron chi connectivity index (χ4n) is 2.51. The summed E-state index contributed by atoms with van der Waals surface area (Å²) in [6.07, 6.45) is 0. The van der Waals surface area contributed by atoms with Crippen LogP contribution in [0.15, 0.2) is 36.4 Å². The van der Waals surface area contributed by atoms with E-state index in [-0.39, 0.29) is 13.2 Å². The number of hydrogen-bond acceptors (Lipinski definition) is 7. The summed E-state index contributed by atoms with van der Waals surface area (Å²) in [7, 11) is -0.908. The molecule has 0 unspecified atom stereocenters. The van der Waals surface area contributed by atoms with Gasteiger partial charge in [-0.3, -0.25) is 4.79 Å². The van der Waals surface area contributed by atoms with Gasteiger partial charge in [0.05, 0.1) is 18.2 Å². The third kappa shape index (κ3) is 4.14. The third-order valence-corrected chi connectivity index (χ3v) is 3.72. The van der Waals surface area contributed by atoms with Gasteiger partial charge in [-0.1, -0.05) is 6.07 Å². The van der Waals surface area contributed by atoms with Gasteiger partial charge in [-0.15, -0.1) is 0 Å². The maximum atomic E-state index is 10.8. The fourth-order valence-corrected chi connectivity index (χ4v) is 2.51. The van der Waals surface area contributed by atoms with E-state index in [1.807, 2.05) is 6.07 Å². The molecule has 7 nitrogen and oxygen atoms in total. The van der Waals surface area contributed by atoms with E-state index in [0.717, 1.165) is 11.0 Å². The number of nitrogens with zero attached hydrogens (tertiary/aromatic N) is 1. The average Bonchev–Trinajstić information content (AvgIpc) is 3.00. The van der Waals surface area contributed by atoms with Crippen LogP contribution in [0, 0.1) is 11.3 Å². The van der Waals surface area contributed by atoms with Gasteiger partial charge in [0.1, 0.15) is 19.0 Å². The summed E-state index contributed by atoms with van der Waals surface area (Å²) in [5, 5.41) is 18.7. The van der Waals surface area contributed by atoms with E-state index in [4.69, 9.17) is 24.1 Å². The molecule has 0 atom stereocenters. The van der Waals surface area contributed by atoms with Crippen LogP contribution in [0.5, 0.6) is 17.2 Å². The first-order valence-electron chi connectivity index (χ1n) is 7.97. The highest BCUT2D eigenvalue weighted by atomic mass is 16.6. The molecule has 1 aliphatic rings. The highest BCUT2D eigenvalue weighted by molar-refractivity contribution is 6.61. The number of fused-ring (bicyclic) bond motifs is 1. The average molecular weight is 353 g/mol. The molecule has 132 valence electrons. The molecule has 0 spiro atoms. The summed E-state index contributed by atoms with van der Waals surface area (Å²) in [5.41, 5.74) is 1.99. The van der Waals surface area contributed by atoms with E-state index in [2.05, 4.69) is 0 Å². The maximum Gasteiger partial charge on any atom is 0.491 e. The van der Waals surface area contributed by atoms with E-state index < -0.39 is 13.1 Å². The van der Waals surface area contributed by atoms with Crippen LogP contribution in [0.25, 0.3) is 0 Å². The van der Waals surface area contributed by atoms with Crippen molar-refractivity contribution in [2.45, 2.75) is 13.5 Å². The normalized spacial score (nSPS) is 12.3. The van der Waals surface area contributed by atoms with Gasteiger partial charge in [-0.05, 0) is 35.3 Å². The van der Waals surface area contributed by atoms with Gasteiger partial charge in [-0.25, -0.2) is 0 Å². The third-order valence-electron chi connectivity index (χ3n) is 3.72. The standard InChI is InChI=1S/C18H16BNO6/c1-12(21)23-6-7-24-18-8-13(10-20)2-5-17(18)26-15-3-4-16-14(9-15)11-25-19(16)22/h2-5,8-9,22H,6-7,11H2,1H3. The Bertz CT molecular complexity index is 863. The van der Waals surface area contributed by atoms with Crippen LogP contribution in [0.1, 0.15) is 18.1 Å². The van der Waals surface area contributed by atoms with Crippen LogP contribution in [-0.4, -0.2) is 31.3 Å². The van der Waals surface area contributed by atoms with Crippen molar-refractivity contribution in [2.75, 3.05) is 13.2 Å². The Morgan fingerprint density at radius 3 is 2.88 bits per heavy atom. The quantitative estimate of drug-likeness (QED) is 0.478. The van der Waals surface area contributed by atoms with Crippen molar-refractivity contribution in [2.24, 2.45) is 0 Å². The summed E-state index contributed by atoms with van der Waals surface area (Å²) in [6, 6.07) is 12.1. The molecule has 3 rings (SSSR count). The molecular weight excluding hydrogens is 337 g/mol. The van der Waals surface area contributed by atoms with Gasteiger partial charge >= 0.3 is 13.1 Å². The first-order chi connectivity index (χ1) is 12.6. The number of hydrogen-bond donors (Lipinski definition) is 1. The minimum absolute atomic E-state index is 0.0969. The lowest BCUT2D eigenvalue weighted by Gasteiger charge is -2.13. The largest absolute Gasteiger partial charge is 0.491 e. The lowest BCUT2D eigenvalue weighted by atomic mass is 9.80. The number of ether oxygens (including phenoxy) is 3. The second-order valence-electron chi connectivity index (χ2n) is 5.59. The molecule has 0 saturated carbocycles. The summed E-state index contributed by atoms with van der Waals surface area (Å²) in [5.74, 6) is 0.952. The Morgan fingerprint density at radius 2 is 2.12 bits per heavy atom. The van der Waals surface area contributed by atoms with Gasteiger partial charge in [-0.2, -0.15) is 5.26 Å². The van der Waals surface area contributed by atoms with Crippen LogP contribution in [0.3, 0.4) is 0 Å². The Labute approximate surface area is 150 Å². The molecule has 2 aromatic rings. The van der Waals surface area contributed by atoms with Crippen LogP contribution >= 0.6 is 0 Å². The molecule has 26 heavy (non-hydrogen) atoms. The van der Waals surface area contributed by atoms with Crippen molar-refractivity contribution >= 4 is 18.6 Å². The Kier molecular flexibility index (Phi) is 5.41. The minimum Gasteiger partial charge on any atom is -0.486 e.